The molecule has 0 spiro atoms. The molecule has 5 heteroatoms. The van der Waals surface area contributed by atoms with E-state index in [1.807, 2.05) is 25.1 Å². The molecule has 0 amide bonds. The summed E-state index contributed by atoms with van der Waals surface area (Å²) in [5, 5.41) is 17.4. The molecule has 0 bridgehead atoms. The highest BCUT2D eigenvalue weighted by Gasteiger charge is 2.08. The minimum Gasteiger partial charge on any atom is -0.416 e. The lowest BCUT2D eigenvalue weighted by Crippen LogP contribution is -1.88. The molecular weight excluding hydrogens is 224 g/mol. The molecular formula is C11H12N2O2S. The molecule has 1 heterocycles. The quantitative estimate of drug-likeness (QED) is 0.886. The van der Waals surface area contributed by atoms with Gasteiger partial charge < -0.3 is 9.52 Å². The average molecular weight is 236 g/mol. The average Bonchev–Trinajstić information content (AvgIpc) is 2.67. The van der Waals surface area contributed by atoms with Gasteiger partial charge in [-0.2, -0.15) is 0 Å². The summed E-state index contributed by atoms with van der Waals surface area (Å²) < 4.78 is 5.28. The Kier molecular flexibility index (Phi) is 3.26. The third kappa shape index (κ3) is 2.43. The molecule has 2 rings (SSSR count). The van der Waals surface area contributed by atoms with Gasteiger partial charge in [-0.05, 0) is 30.3 Å². The number of aryl methyl sites for hydroxylation is 2. The molecule has 1 N–H and O–H groups in total. The summed E-state index contributed by atoms with van der Waals surface area (Å²) in [6.45, 7) is 3.75. The van der Waals surface area contributed by atoms with Crippen LogP contribution < -0.4 is 0 Å². The van der Waals surface area contributed by atoms with Crippen LogP contribution in [0.1, 0.15) is 17.0 Å². The first-order valence-corrected chi connectivity index (χ1v) is 5.69. The molecule has 0 atom stereocenters. The van der Waals surface area contributed by atoms with Crippen LogP contribution in [-0.4, -0.2) is 15.3 Å². The lowest BCUT2D eigenvalue weighted by Gasteiger charge is -2.05. The second-order valence-electron chi connectivity index (χ2n) is 3.46. The molecule has 0 aliphatic rings. The lowest BCUT2D eigenvalue weighted by atomic mass is 10.1. The Morgan fingerprint density at radius 2 is 2.12 bits per heavy atom. The summed E-state index contributed by atoms with van der Waals surface area (Å²) in [6.07, 6.45) is 0. The van der Waals surface area contributed by atoms with Crippen LogP contribution in [0.2, 0.25) is 0 Å². The molecule has 0 unspecified atom stereocenters. The van der Waals surface area contributed by atoms with Crippen molar-refractivity contribution >= 4 is 11.8 Å². The van der Waals surface area contributed by atoms with Crippen molar-refractivity contribution in [3.63, 3.8) is 0 Å². The first-order valence-electron chi connectivity index (χ1n) is 4.87. The molecule has 4 nitrogen and oxygen atoms in total. The van der Waals surface area contributed by atoms with Crippen LogP contribution in [-0.2, 0) is 6.61 Å². The Morgan fingerprint density at radius 1 is 1.31 bits per heavy atom. The van der Waals surface area contributed by atoms with E-state index in [0.29, 0.717) is 11.1 Å². The molecule has 0 aliphatic carbocycles. The monoisotopic (exact) mass is 236 g/mol. The predicted octanol–water partition coefficient (Wildman–Crippen LogP) is 2.33. The largest absolute Gasteiger partial charge is 0.416 e. The summed E-state index contributed by atoms with van der Waals surface area (Å²) in [7, 11) is 0. The van der Waals surface area contributed by atoms with Crippen molar-refractivity contribution in [3.05, 3.63) is 35.2 Å². The van der Waals surface area contributed by atoms with Crippen LogP contribution in [0, 0.1) is 13.8 Å². The summed E-state index contributed by atoms with van der Waals surface area (Å²) in [5.41, 5.74) is 2.00. The Labute approximate surface area is 97.7 Å². The fourth-order valence-electron chi connectivity index (χ4n) is 1.35. The highest BCUT2D eigenvalue weighted by atomic mass is 32.2. The third-order valence-corrected chi connectivity index (χ3v) is 3.05. The first-order chi connectivity index (χ1) is 7.69. The number of hydrogen-bond acceptors (Lipinski definition) is 5. The maximum Gasteiger partial charge on any atom is 0.281 e. The third-order valence-electron chi connectivity index (χ3n) is 2.09. The zero-order valence-electron chi connectivity index (χ0n) is 9.10. The Balaban J connectivity index is 2.27. The van der Waals surface area contributed by atoms with Gasteiger partial charge in [0.1, 0.15) is 0 Å². The van der Waals surface area contributed by atoms with Gasteiger partial charge in [-0.25, -0.2) is 0 Å². The Hall–Kier alpha value is -1.33. The number of benzene rings is 1. The molecule has 0 saturated heterocycles. The predicted molar refractivity (Wildman–Crippen MR) is 60.3 cm³/mol. The van der Waals surface area contributed by atoms with E-state index in [2.05, 4.69) is 10.2 Å². The van der Waals surface area contributed by atoms with Crippen LogP contribution in [0.25, 0.3) is 0 Å². The van der Waals surface area contributed by atoms with Crippen LogP contribution >= 0.6 is 11.8 Å². The van der Waals surface area contributed by atoms with Gasteiger partial charge in [-0.1, -0.05) is 17.7 Å². The molecule has 1 aromatic carbocycles. The molecule has 0 fully saturated rings. The zero-order valence-corrected chi connectivity index (χ0v) is 9.91. The lowest BCUT2D eigenvalue weighted by molar-refractivity contribution is 0.279. The topological polar surface area (TPSA) is 59.2 Å². The summed E-state index contributed by atoms with van der Waals surface area (Å²) >= 11 is 1.37. The van der Waals surface area contributed by atoms with Crippen molar-refractivity contribution in [3.8, 4) is 0 Å². The SMILES string of the molecule is Cc1ccc(Sc2nnc(C)o2)c(CO)c1. The molecule has 0 aliphatic heterocycles. The van der Waals surface area contributed by atoms with Gasteiger partial charge in [0.2, 0.25) is 5.89 Å². The van der Waals surface area contributed by atoms with E-state index in [0.717, 1.165) is 16.0 Å². The van der Waals surface area contributed by atoms with E-state index in [9.17, 15) is 5.11 Å². The van der Waals surface area contributed by atoms with E-state index >= 15 is 0 Å². The fourth-order valence-corrected chi connectivity index (χ4v) is 2.17. The van der Waals surface area contributed by atoms with Gasteiger partial charge >= 0.3 is 0 Å². The molecule has 1 aromatic heterocycles. The van der Waals surface area contributed by atoms with E-state index in [1.165, 1.54) is 11.8 Å². The Bertz CT molecular complexity index is 496. The fraction of sp³-hybridized carbons (Fsp3) is 0.273. The van der Waals surface area contributed by atoms with Crippen molar-refractivity contribution in [2.45, 2.75) is 30.6 Å². The first kappa shape index (κ1) is 11.2. The van der Waals surface area contributed by atoms with Crippen LogP contribution in [0.3, 0.4) is 0 Å². The highest BCUT2D eigenvalue weighted by Crippen LogP contribution is 2.30. The number of aliphatic hydroxyl groups is 1. The molecule has 84 valence electrons. The number of hydrogen-bond donors (Lipinski definition) is 1. The van der Waals surface area contributed by atoms with Gasteiger partial charge in [0.25, 0.3) is 5.22 Å². The minimum absolute atomic E-state index is 0.0110. The van der Waals surface area contributed by atoms with Gasteiger partial charge in [0.05, 0.1) is 6.61 Å². The summed E-state index contributed by atoms with van der Waals surface area (Å²) in [4.78, 5) is 0.941. The van der Waals surface area contributed by atoms with Gasteiger partial charge in [0.15, 0.2) is 0 Å². The minimum atomic E-state index is 0.0110. The maximum absolute atomic E-state index is 9.25. The van der Waals surface area contributed by atoms with Crippen molar-refractivity contribution < 1.29 is 9.52 Å². The van der Waals surface area contributed by atoms with Crippen LogP contribution in [0.15, 0.2) is 32.7 Å². The standard InChI is InChI=1S/C11H12N2O2S/c1-7-3-4-10(9(5-7)6-14)16-11-13-12-8(2)15-11/h3-5,14H,6H2,1-2H3. The smallest absolute Gasteiger partial charge is 0.281 e. The number of rotatable bonds is 3. The Morgan fingerprint density at radius 3 is 2.75 bits per heavy atom. The second kappa shape index (κ2) is 4.67. The molecule has 0 saturated carbocycles. The van der Waals surface area contributed by atoms with E-state index < -0.39 is 0 Å². The van der Waals surface area contributed by atoms with Crippen LogP contribution in [0.4, 0.5) is 0 Å². The number of nitrogens with zero attached hydrogens (tertiary/aromatic N) is 2. The summed E-state index contributed by atoms with van der Waals surface area (Å²) in [6, 6.07) is 5.89. The van der Waals surface area contributed by atoms with Crippen molar-refractivity contribution in [1.29, 1.82) is 0 Å². The van der Waals surface area contributed by atoms with E-state index in [-0.39, 0.29) is 6.61 Å². The highest BCUT2D eigenvalue weighted by molar-refractivity contribution is 7.99. The van der Waals surface area contributed by atoms with Crippen molar-refractivity contribution in [1.82, 2.24) is 10.2 Å². The number of aliphatic hydroxyl groups excluding tert-OH is 1. The van der Waals surface area contributed by atoms with E-state index in [4.69, 9.17) is 4.42 Å². The molecule has 16 heavy (non-hydrogen) atoms. The summed E-state index contributed by atoms with van der Waals surface area (Å²) in [5.74, 6) is 0.542. The molecule has 0 radical (unpaired) electrons. The second-order valence-corrected chi connectivity index (χ2v) is 4.45. The van der Waals surface area contributed by atoms with Crippen LogP contribution in [0.5, 0.6) is 0 Å². The van der Waals surface area contributed by atoms with Crippen molar-refractivity contribution in [2.75, 3.05) is 0 Å². The van der Waals surface area contributed by atoms with Crippen molar-refractivity contribution in [2.24, 2.45) is 0 Å². The number of aromatic nitrogens is 2. The van der Waals surface area contributed by atoms with E-state index in [1.54, 1.807) is 6.92 Å². The van der Waals surface area contributed by atoms with Gasteiger partial charge in [-0.3, -0.25) is 0 Å². The van der Waals surface area contributed by atoms with Gasteiger partial charge in [-0.15, -0.1) is 10.2 Å². The normalized spacial score (nSPS) is 10.7. The van der Waals surface area contributed by atoms with Gasteiger partial charge in [0, 0.05) is 11.8 Å². The maximum atomic E-state index is 9.25. The molecule has 2 aromatic rings. The zero-order chi connectivity index (χ0) is 11.5.